The molecule has 9 heteroatoms. The van der Waals surface area contributed by atoms with Crippen LogP contribution in [0.2, 0.25) is 0 Å². The van der Waals surface area contributed by atoms with Crippen molar-refractivity contribution < 1.29 is 27.8 Å². The molecule has 1 aliphatic rings. The number of amides is 1. The number of morpholine rings is 1. The Morgan fingerprint density at radius 3 is 2.74 bits per heavy atom. The number of fused-ring (bicyclic) bond motifs is 1. The van der Waals surface area contributed by atoms with Crippen molar-refractivity contribution in [3.8, 4) is 11.3 Å². The van der Waals surface area contributed by atoms with E-state index in [4.69, 9.17) is 9.47 Å². The average molecular weight is 429 g/mol. The highest BCUT2D eigenvalue weighted by molar-refractivity contribution is 5.78. The SMILES string of the molecule is COC(=O)N1CCOC(Cc2c(-c3c(F)cc(C=O)cc3F)nc3cc(C)ccn23)C1. The number of carbonyl (C=O) groups excluding carboxylic acids is 2. The van der Waals surface area contributed by atoms with Crippen molar-refractivity contribution in [2.24, 2.45) is 0 Å². The number of aldehydes is 1. The Labute approximate surface area is 177 Å². The summed E-state index contributed by atoms with van der Waals surface area (Å²) in [6.45, 7) is 2.90. The molecule has 7 nitrogen and oxygen atoms in total. The number of hydrogen-bond acceptors (Lipinski definition) is 5. The molecule has 3 aromatic rings. The number of ether oxygens (including phenoxy) is 2. The number of aromatic nitrogens is 2. The largest absolute Gasteiger partial charge is 0.453 e. The topological polar surface area (TPSA) is 73.1 Å². The highest BCUT2D eigenvalue weighted by atomic mass is 19.1. The van der Waals surface area contributed by atoms with Crippen molar-refractivity contribution in [1.82, 2.24) is 14.3 Å². The standard InChI is InChI=1S/C22H21F2N3O4/c1-13-3-4-27-18(10-15-11-26(5-6-31-15)22(29)30-2)21(25-19(27)7-13)20-16(23)8-14(12-28)9-17(20)24/h3-4,7-9,12,15H,5-6,10-11H2,1-2H3. The van der Waals surface area contributed by atoms with E-state index < -0.39 is 23.8 Å². The van der Waals surface area contributed by atoms with E-state index in [2.05, 4.69) is 4.98 Å². The fourth-order valence-electron chi connectivity index (χ4n) is 3.83. The van der Waals surface area contributed by atoms with Crippen molar-refractivity contribution in [1.29, 1.82) is 0 Å². The van der Waals surface area contributed by atoms with Gasteiger partial charge in [-0.25, -0.2) is 18.6 Å². The van der Waals surface area contributed by atoms with Gasteiger partial charge in [-0.2, -0.15) is 0 Å². The summed E-state index contributed by atoms with van der Waals surface area (Å²) in [4.78, 5) is 28.9. The first-order valence-corrected chi connectivity index (χ1v) is 9.78. The zero-order chi connectivity index (χ0) is 22.1. The second-order valence-corrected chi connectivity index (χ2v) is 7.43. The lowest BCUT2D eigenvalue weighted by Gasteiger charge is -2.32. The smallest absolute Gasteiger partial charge is 0.409 e. The summed E-state index contributed by atoms with van der Waals surface area (Å²) in [5, 5.41) is 0. The zero-order valence-corrected chi connectivity index (χ0v) is 17.1. The van der Waals surface area contributed by atoms with E-state index >= 15 is 0 Å². The number of pyridine rings is 1. The highest BCUT2D eigenvalue weighted by Crippen LogP contribution is 2.32. The third-order valence-electron chi connectivity index (χ3n) is 5.31. The molecule has 1 saturated heterocycles. The van der Waals surface area contributed by atoms with Crippen LogP contribution in [0.4, 0.5) is 13.6 Å². The molecule has 0 aliphatic carbocycles. The van der Waals surface area contributed by atoms with E-state index in [1.807, 2.05) is 19.1 Å². The van der Waals surface area contributed by atoms with Gasteiger partial charge in [0, 0.05) is 24.7 Å². The van der Waals surface area contributed by atoms with Gasteiger partial charge in [0.1, 0.15) is 23.6 Å². The number of aryl methyl sites for hydroxylation is 1. The quantitative estimate of drug-likeness (QED) is 0.595. The molecule has 3 heterocycles. The molecule has 1 fully saturated rings. The Morgan fingerprint density at radius 1 is 1.32 bits per heavy atom. The third-order valence-corrected chi connectivity index (χ3v) is 5.31. The van der Waals surface area contributed by atoms with Crippen LogP contribution in [0.5, 0.6) is 0 Å². The molecule has 0 radical (unpaired) electrons. The van der Waals surface area contributed by atoms with Crippen molar-refractivity contribution >= 4 is 18.0 Å². The molecule has 0 N–H and O–H groups in total. The molecule has 1 atom stereocenters. The van der Waals surface area contributed by atoms with Crippen molar-refractivity contribution in [3.05, 3.63) is 58.9 Å². The van der Waals surface area contributed by atoms with Gasteiger partial charge in [-0.1, -0.05) is 0 Å². The Balaban J connectivity index is 1.80. The molecule has 1 aliphatic heterocycles. The van der Waals surface area contributed by atoms with Gasteiger partial charge in [0.15, 0.2) is 0 Å². The van der Waals surface area contributed by atoms with E-state index in [1.165, 1.54) is 12.0 Å². The Morgan fingerprint density at radius 2 is 2.06 bits per heavy atom. The molecule has 4 rings (SSSR count). The van der Waals surface area contributed by atoms with Gasteiger partial charge in [-0.3, -0.25) is 4.79 Å². The van der Waals surface area contributed by atoms with Crippen LogP contribution < -0.4 is 0 Å². The Hall–Kier alpha value is -3.33. The molecule has 2 aromatic heterocycles. The van der Waals surface area contributed by atoms with Crippen LogP contribution in [0.25, 0.3) is 16.9 Å². The fourth-order valence-corrected chi connectivity index (χ4v) is 3.83. The van der Waals surface area contributed by atoms with Crippen LogP contribution >= 0.6 is 0 Å². The van der Waals surface area contributed by atoms with Crippen molar-refractivity contribution in [3.63, 3.8) is 0 Å². The van der Waals surface area contributed by atoms with Crippen molar-refractivity contribution in [2.75, 3.05) is 26.8 Å². The number of methoxy groups -OCH3 is 1. The number of carbonyl (C=O) groups is 2. The van der Waals surface area contributed by atoms with Gasteiger partial charge in [0.2, 0.25) is 0 Å². The number of imidazole rings is 1. The molecule has 162 valence electrons. The van der Waals surface area contributed by atoms with Gasteiger partial charge < -0.3 is 18.8 Å². The van der Waals surface area contributed by atoms with E-state index in [9.17, 15) is 18.4 Å². The van der Waals surface area contributed by atoms with Crippen LogP contribution in [0, 0.1) is 18.6 Å². The summed E-state index contributed by atoms with van der Waals surface area (Å²) in [5.74, 6) is -1.74. The van der Waals surface area contributed by atoms with Crippen LogP contribution in [0.3, 0.4) is 0 Å². The predicted molar refractivity (Wildman–Crippen MR) is 108 cm³/mol. The molecule has 1 aromatic carbocycles. The molecule has 31 heavy (non-hydrogen) atoms. The summed E-state index contributed by atoms with van der Waals surface area (Å²) < 4.78 is 42.0. The van der Waals surface area contributed by atoms with Gasteiger partial charge in [-0.05, 0) is 36.8 Å². The maximum Gasteiger partial charge on any atom is 0.409 e. The summed E-state index contributed by atoms with van der Waals surface area (Å²) >= 11 is 0. The lowest BCUT2D eigenvalue weighted by Crippen LogP contribution is -2.46. The maximum absolute atomic E-state index is 14.8. The van der Waals surface area contributed by atoms with E-state index in [-0.39, 0.29) is 29.8 Å². The van der Waals surface area contributed by atoms with Crippen LogP contribution in [-0.2, 0) is 15.9 Å². The molecule has 0 bridgehead atoms. The first kappa shape index (κ1) is 20.9. The maximum atomic E-state index is 14.8. The Kier molecular flexibility index (Phi) is 5.69. The van der Waals surface area contributed by atoms with E-state index in [0.717, 1.165) is 17.7 Å². The number of benzene rings is 1. The number of halogens is 2. The second-order valence-electron chi connectivity index (χ2n) is 7.43. The highest BCUT2D eigenvalue weighted by Gasteiger charge is 2.29. The normalized spacial score (nSPS) is 16.5. The van der Waals surface area contributed by atoms with Crippen molar-refractivity contribution in [2.45, 2.75) is 19.4 Å². The van der Waals surface area contributed by atoms with Crippen LogP contribution in [-0.4, -0.2) is 59.6 Å². The fraction of sp³-hybridized carbons (Fsp3) is 0.318. The summed E-state index contributed by atoms with van der Waals surface area (Å²) in [5.41, 5.74) is 1.76. The number of hydrogen-bond donors (Lipinski definition) is 0. The lowest BCUT2D eigenvalue weighted by molar-refractivity contribution is -0.0241. The lowest BCUT2D eigenvalue weighted by atomic mass is 10.0. The van der Waals surface area contributed by atoms with Crippen LogP contribution in [0.1, 0.15) is 21.6 Å². The Bertz CT molecular complexity index is 1140. The first-order chi connectivity index (χ1) is 14.9. The van der Waals surface area contributed by atoms with E-state index in [1.54, 1.807) is 10.6 Å². The van der Waals surface area contributed by atoms with Crippen LogP contribution in [0.15, 0.2) is 30.5 Å². The zero-order valence-electron chi connectivity index (χ0n) is 17.1. The molecule has 0 spiro atoms. The van der Waals surface area contributed by atoms with Gasteiger partial charge in [0.05, 0.1) is 43.3 Å². The second kappa shape index (κ2) is 8.43. The molecular weight excluding hydrogens is 408 g/mol. The molecule has 1 unspecified atom stereocenters. The minimum atomic E-state index is -0.871. The summed E-state index contributed by atoms with van der Waals surface area (Å²) in [7, 11) is 1.31. The average Bonchev–Trinajstić information content (AvgIpc) is 3.09. The minimum Gasteiger partial charge on any atom is -0.453 e. The van der Waals surface area contributed by atoms with Gasteiger partial charge >= 0.3 is 6.09 Å². The first-order valence-electron chi connectivity index (χ1n) is 9.78. The minimum absolute atomic E-state index is 0.0933. The third kappa shape index (κ3) is 4.00. The van der Waals surface area contributed by atoms with Gasteiger partial charge in [0.25, 0.3) is 0 Å². The number of nitrogens with zero attached hydrogens (tertiary/aromatic N) is 3. The number of rotatable bonds is 4. The van der Waals surface area contributed by atoms with Gasteiger partial charge in [-0.15, -0.1) is 0 Å². The summed E-state index contributed by atoms with van der Waals surface area (Å²) in [6, 6.07) is 5.65. The predicted octanol–water partition coefficient (Wildman–Crippen LogP) is 3.41. The van der Waals surface area contributed by atoms with E-state index in [0.29, 0.717) is 30.8 Å². The monoisotopic (exact) mass is 429 g/mol. The molecule has 1 amide bonds. The summed E-state index contributed by atoms with van der Waals surface area (Å²) in [6.07, 6.45) is 1.58. The molecular formula is C22H21F2N3O4. The molecule has 0 saturated carbocycles.